The molecular formula is C45H91N3O4. The molecule has 0 aromatic rings. The number of rotatable bonds is 34. The van der Waals surface area contributed by atoms with E-state index >= 15 is 0 Å². The molecule has 0 aromatic heterocycles. The molecule has 1 aliphatic rings. The van der Waals surface area contributed by atoms with Crippen LogP contribution in [0.25, 0.3) is 0 Å². The zero-order valence-electron chi connectivity index (χ0n) is 36.2. The van der Waals surface area contributed by atoms with E-state index in [4.69, 9.17) is 25.7 Å². The summed E-state index contributed by atoms with van der Waals surface area (Å²) in [6.07, 6.45) is 22.7. The van der Waals surface area contributed by atoms with Gasteiger partial charge in [-0.2, -0.15) is 0 Å². The Labute approximate surface area is 324 Å². The smallest absolute Gasteiger partial charge is 0.220 e. The van der Waals surface area contributed by atoms with Crippen molar-refractivity contribution < 1.29 is 19.0 Å². The lowest BCUT2D eigenvalue weighted by molar-refractivity contribution is -0.122. The summed E-state index contributed by atoms with van der Waals surface area (Å²) >= 11 is 0. The number of carbonyl (C=O) groups is 1. The summed E-state index contributed by atoms with van der Waals surface area (Å²) in [5, 5.41) is 3.22. The van der Waals surface area contributed by atoms with Gasteiger partial charge < -0.3 is 31.0 Å². The van der Waals surface area contributed by atoms with Gasteiger partial charge in [0, 0.05) is 32.8 Å². The SMILES string of the molecule is CCCCCCCCNC(=O)CC[C@@H](C)[C@H]1CC[C@@H](C)[C@]1(C)[C@H](C[C@@H](C)[C@@](C)(CC[C@H](CC)OCCCN)CC[C@H](C)OCCCC)OCCCN. The lowest BCUT2D eigenvalue weighted by Crippen LogP contribution is -2.46. The molecule has 1 saturated carbocycles. The van der Waals surface area contributed by atoms with Gasteiger partial charge in [0.2, 0.25) is 5.91 Å². The average Bonchev–Trinajstić information content (AvgIpc) is 3.44. The van der Waals surface area contributed by atoms with Crippen molar-refractivity contribution >= 4 is 5.91 Å². The molecule has 1 fully saturated rings. The normalized spacial score (nSPS) is 23.2. The largest absolute Gasteiger partial charge is 0.379 e. The van der Waals surface area contributed by atoms with Crippen LogP contribution in [0.2, 0.25) is 0 Å². The number of amides is 1. The maximum Gasteiger partial charge on any atom is 0.220 e. The molecule has 0 heterocycles. The van der Waals surface area contributed by atoms with Crippen LogP contribution < -0.4 is 16.8 Å². The zero-order chi connectivity index (χ0) is 38.8. The van der Waals surface area contributed by atoms with Gasteiger partial charge >= 0.3 is 0 Å². The number of ether oxygens (including phenoxy) is 3. The molecule has 0 bridgehead atoms. The van der Waals surface area contributed by atoms with Gasteiger partial charge in [0.15, 0.2) is 0 Å². The molecule has 9 atom stereocenters. The maximum atomic E-state index is 12.9. The van der Waals surface area contributed by atoms with Crippen molar-refractivity contribution in [2.45, 2.75) is 209 Å². The Morgan fingerprint density at radius 1 is 0.808 bits per heavy atom. The monoisotopic (exact) mass is 738 g/mol. The molecular weight excluding hydrogens is 647 g/mol. The summed E-state index contributed by atoms with van der Waals surface area (Å²) < 4.78 is 19.6. The van der Waals surface area contributed by atoms with Crippen LogP contribution in [0, 0.1) is 34.5 Å². The molecule has 1 amide bonds. The summed E-state index contributed by atoms with van der Waals surface area (Å²) in [5.74, 6) is 2.25. The molecule has 52 heavy (non-hydrogen) atoms. The molecule has 7 heteroatoms. The third-order valence-electron chi connectivity index (χ3n) is 13.5. The van der Waals surface area contributed by atoms with Crippen molar-refractivity contribution in [3.63, 3.8) is 0 Å². The Morgan fingerprint density at radius 3 is 2.08 bits per heavy atom. The first kappa shape index (κ1) is 49.3. The Balaban J connectivity index is 3.12. The molecule has 310 valence electrons. The fraction of sp³-hybridized carbons (Fsp3) is 0.978. The third kappa shape index (κ3) is 18.3. The highest BCUT2D eigenvalue weighted by atomic mass is 16.5. The first-order chi connectivity index (χ1) is 24.9. The van der Waals surface area contributed by atoms with Crippen LogP contribution in [0.15, 0.2) is 0 Å². The first-order valence-corrected chi connectivity index (χ1v) is 22.4. The third-order valence-corrected chi connectivity index (χ3v) is 13.5. The van der Waals surface area contributed by atoms with Crippen molar-refractivity contribution in [3.8, 4) is 0 Å². The van der Waals surface area contributed by atoms with E-state index in [0.29, 0.717) is 49.8 Å². The summed E-state index contributed by atoms with van der Waals surface area (Å²) in [7, 11) is 0. The first-order valence-electron chi connectivity index (χ1n) is 22.4. The van der Waals surface area contributed by atoms with E-state index in [0.717, 1.165) is 90.4 Å². The summed E-state index contributed by atoms with van der Waals surface area (Å²) in [4.78, 5) is 12.9. The van der Waals surface area contributed by atoms with E-state index in [-0.39, 0.29) is 35.0 Å². The minimum absolute atomic E-state index is 0.0476. The van der Waals surface area contributed by atoms with Gasteiger partial charge in [-0.05, 0) is 138 Å². The van der Waals surface area contributed by atoms with Crippen molar-refractivity contribution in [2.75, 3.05) is 39.5 Å². The van der Waals surface area contributed by atoms with Crippen molar-refractivity contribution in [1.82, 2.24) is 5.32 Å². The molecule has 1 aliphatic carbocycles. The van der Waals surface area contributed by atoms with E-state index in [1.165, 1.54) is 51.4 Å². The number of carbonyl (C=O) groups excluding carboxylic acids is 1. The average molecular weight is 738 g/mol. The summed E-state index contributed by atoms with van der Waals surface area (Å²) in [5.41, 5.74) is 12.0. The second kappa shape index (κ2) is 28.6. The molecule has 1 rings (SSSR count). The predicted molar refractivity (Wildman–Crippen MR) is 223 cm³/mol. The van der Waals surface area contributed by atoms with Crippen molar-refractivity contribution in [1.29, 1.82) is 0 Å². The second-order valence-corrected chi connectivity index (χ2v) is 17.5. The predicted octanol–water partition coefficient (Wildman–Crippen LogP) is 10.6. The molecule has 5 N–H and O–H groups in total. The quantitative estimate of drug-likeness (QED) is 0.0567. The topological polar surface area (TPSA) is 109 Å². The molecule has 0 spiro atoms. The van der Waals surface area contributed by atoms with E-state index in [2.05, 4.69) is 67.6 Å². The van der Waals surface area contributed by atoms with Gasteiger partial charge in [0.1, 0.15) is 0 Å². The van der Waals surface area contributed by atoms with Crippen molar-refractivity contribution in [3.05, 3.63) is 0 Å². The molecule has 0 aliphatic heterocycles. The number of hydrogen-bond acceptors (Lipinski definition) is 6. The van der Waals surface area contributed by atoms with Crippen LogP contribution in [-0.2, 0) is 19.0 Å². The Bertz CT molecular complexity index is 876. The van der Waals surface area contributed by atoms with Gasteiger partial charge in [-0.15, -0.1) is 0 Å². The highest BCUT2D eigenvalue weighted by molar-refractivity contribution is 5.75. The molecule has 7 nitrogen and oxygen atoms in total. The van der Waals surface area contributed by atoms with E-state index in [9.17, 15) is 4.79 Å². The highest BCUT2D eigenvalue weighted by Crippen LogP contribution is 2.56. The van der Waals surface area contributed by atoms with Crippen LogP contribution in [0.3, 0.4) is 0 Å². The summed E-state index contributed by atoms with van der Waals surface area (Å²) in [6, 6.07) is 0. The van der Waals surface area contributed by atoms with Gasteiger partial charge in [0.25, 0.3) is 0 Å². The van der Waals surface area contributed by atoms with Crippen molar-refractivity contribution in [2.24, 2.45) is 46.0 Å². The van der Waals surface area contributed by atoms with Gasteiger partial charge in [-0.1, -0.05) is 93.9 Å². The number of nitrogens with two attached hydrogens (primary N) is 2. The minimum atomic E-state index is 0.0476. The van der Waals surface area contributed by atoms with Gasteiger partial charge in [-0.3, -0.25) is 4.79 Å². The minimum Gasteiger partial charge on any atom is -0.379 e. The maximum absolute atomic E-state index is 12.9. The summed E-state index contributed by atoms with van der Waals surface area (Å²) in [6.45, 7) is 25.9. The molecule has 0 radical (unpaired) electrons. The van der Waals surface area contributed by atoms with Gasteiger partial charge in [-0.25, -0.2) is 0 Å². The fourth-order valence-electron chi connectivity index (χ4n) is 8.96. The van der Waals surface area contributed by atoms with E-state index < -0.39 is 0 Å². The molecule has 0 unspecified atom stereocenters. The van der Waals surface area contributed by atoms with Crippen LogP contribution in [0.5, 0.6) is 0 Å². The van der Waals surface area contributed by atoms with Crippen LogP contribution in [0.1, 0.15) is 191 Å². The number of hydrogen-bond donors (Lipinski definition) is 3. The number of unbranched alkanes of at least 4 members (excludes halogenated alkanes) is 6. The molecule has 0 saturated heterocycles. The number of nitrogens with one attached hydrogen (secondary N) is 1. The van der Waals surface area contributed by atoms with E-state index in [1.807, 2.05) is 0 Å². The van der Waals surface area contributed by atoms with Crippen LogP contribution >= 0.6 is 0 Å². The second-order valence-electron chi connectivity index (χ2n) is 17.5. The lowest BCUT2D eigenvalue weighted by Gasteiger charge is -2.48. The Morgan fingerprint density at radius 2 is 1.42 bits per heavy atom. The standard InChI is InChI=1S/C45H91N3O4/c1-10-13-15-16-17-18-31-48-43(49)24-21-36(4)41-23-22-37(5)45(41,9)42(52-34-20-30-47)35-38(6)44(8,27-25-39(7)50-32-14-11-2)28-26-40(12-3)51-33-19-29-46/h36-42H,10-35,46-47H2,1-9H3,(H,48,49)/t36-,37-,38-,39+,40+,41-,42+,44-,45+/m1/s1. The van der Waals surface area contributed by atoms with Crippen LogP contribution in [0.4, 0.5) is 0 Å². The Kier molecular flexibility index (Phi) is 27.2. The van der Waals surface area contributed by atoms with Crippen LogP contribution in [-0.4, -0.2) is 63.7 Å². The van der Waals surface area contributed by atoms with Gasteiger partial charge in [0.05, 0.1) is 18.3 Å². The highest BCUT2D eigenvalue weighted by Gasteiger charge is 2.52. The molecule has 0 aromatic carbocycles. The lowest BCUT2D eigenvalue weighted by atomic mass is 9.61. The van der Waals surface area contributed by atoms with E-state index in [1.54, 1.807) is 0 Å². The Hall–Kier alpha value is -0.730. The zero-order valence-corrected chi connectivity index (χ0v) is 36.2. The fourth-order valence-corrected chi connectivity index (χ4v) is 8.96.